The first-order valence-corrected chi connectivity index (χ1v) is 5.74. The minimum Gasteiger partial charge on any atom is -0.394 e. The van der Waals surface area contributed by atoms with Gasteiger partial charge in [-0.3, -0.25) is 4.79 Å². The molecule has 1 N–H and O–H groups in total. The number of carbonyl (C=O) groups is 1. The third-order valence-electron chi connectivity index (χ3n) is 2.88. The van der Waals surface area contributed by atoms with Crippen LogP contribution in [0.2, 0.25) is 5.15 Å². The zero-order valence-corrected chi connectivity index (χ0v) is 9.82. The molecule has 1 fully saturated rings. The lowest BCUT2D eigenvalue weighted by Gasteiger charge is -2.23. The van der Waals surface area contributed by atoms with Crippen molar-refractivity contribution in [3.63, 3.8) is 0 Å². The summed E-state index contributed by atoms with van der Waals surface area (Å²) in [6, 6.07) is 0.867. The van der Waals surface area contributed by atoms with Gasteiger partial charge < -0.3 is 10.0 Å². The third kappa shape index (κ3) is 2.40. The highest BCUT2D eigenvalue weighted by molar-refractivity contribution is 6.32. The van der Waals surface area contributed by atoms with Gasteiger partial charge in [-0.05, 0) is 18.9 Å². The summed E-state index contributed by atoms with van der Waals surface area (Å²) >= 11 is 5.77. The largest absolute Gasteiger partial charge is 0.394 e. The molecule has 1 aromatic rings. The lowest BCUT2D eigenvalue weighted by molar-refractivity contribution is 0.0677. The highest BCUT2D eigenvalue weighted by atomic mass is 35.5. The summed E-state index contributed by atoms with van der Waals surface area (Å²) < 4.78 is 13.0. The van der Waals surface area contributed by atoms with Crippen LogP contribution in [0, 0.1) is 5.82 Å². The van der Waals surface area contributed by atoms with E-state index in [0.717, 1.165) is 25.1 Å². The quantitative estimate of drug-likeness (QED) is 0.818. The van der Waals surface area contributed by atoms with Gasteiger partial charge in [-0.25, -0.2) is 9.37 Å². The van der Waals surface area contributed by atoms with Crippen LogP contribution < -0.4 is 0 Å². The van der Waals surface area contributed by atoms with Crippen molar-refractivity contribution in [1.29, 1.82) is 0 Å². The molecule has 0 aromatic carbocycles. The molecule has 2 rings (SSSR count). The van der Waals surface area contributed by atoms with Gasteiger partial charge in [0.2, 0.25) is 0 Å². The number of hydrogen-bond donors (Lipinski definition) is 1. The summed E-state index contributed by atoms with van der Waals surface area (Å²) in [5.41, 5.74) is 0.0482. The number of pyridine rings is 1. The third-order valence-corrected chi connectivity index (χ3v) is 3.19. The molecule has 0 saturated carbocycles. The van der Waals surface area contributed by atoms with Crippen LogP contribution in [0.3, 0.4) is 0 Å². The van der Waals surface area contributed by atoms with Crippen LogP contribution >= 0.6 is 11.6 Å². The minimum atomic E-state index is -0.600. The molecule has 0 bridgehead atoms. The number of aliphatic hydroxyl groups is 1. The SMILES string of the molecule is O=C(c1cc(F)cnc1Cl)N1CCCC1CO. The monoisotopic (exact) mass is 258 g/mol. The van der Waals surface area contributed by atoms with Crippen LogP contribution in [-0.2, 0) is 0 Å². The van der Waals surface area contributed by atoms with Gasteiger partial charge in [-0.2, -0.15) is 0 Å². The minimum absolute atomic E-state index is 0.0139. The van der Waals surface area contributed by atoms with Crippen LogP contribution in [0.25, 0.3) is 0 Å². The van der Waals surface area contributed by atoms with Crippen molar-refractivity contribution in [2.75, 3.05) is 13.2 Å². The topological polar surface area (TPSA) is 53.4 Å². The Kier molecular flexibility index (Phi) is 3.59. The number of amides is 1. The fraction of sp³-hybridized carbons (Fsp3) is 0.455. The smallest absolute Gasteiger partial charge is 0.257 e. The maximum Gasteiger partial charge on any atom is 0.257 e. The van der Waals surface area contributed by atoms with Crippen LogP contribution in [0.1, 0.15) is 23.2 Å². The molecule has 1 aliphatic heterocycles. The van der Waals surface area contributed by atoms with Crippen molar-refractivity contribution < 1.29 is 14.3 Å². The van der Waals surface area contributed by atoms with E-state index in [9.17, 15) is 9.18 Å². The fourth-order valence-electron chi connectivity index (χ4n) is 2.02. The average Bonchev–Trinajstić information content (AvgIpc) is 2.79. The predicted octanol–water partition coefficient (Wildman–Crippen LogP) is 1.47. The Labute approximate surface area is 103 Å². The predicted molar refractivity (Wildman–Crippen MR) is 60.3 cm³/mol. The van der Waals surface area contributed by atoms with Gasteiger partial charge in [0, 0.05) is 6.54 Å². The number of hydrogen-bond acceptors (Lipinski definition) is 3. The summed E-state index contributed by atoms with van der Waals surface area (Å²) in [7, 11) is 0. The normalized spacial score (nSPS) is 19.7. The van der Waals surface area contributed by atoms with Crippen LogP contribution in [-0.4, -0.2) is 40.1 Å². The highest BCUT2D eigenvalue weighted by Crippen LogP contribution is 2.22. The number of nitrogens with zero attached hydrogens (tertiary/aromatic N) is 2. The molecule has 6 heteroatoms. The summed E-state index contributed by atoms with van der Waals surface area (Å²) in [5.74, 6) is -0.976. The van der Waals surface area contributed by atoms with E-state index in [2.05, 4.69) is 4.98 Å². The second kappa shape index (κ2) is 4.98. The summed E-state index contributed by atoms with van der Waals surface area (Å²) in [6.07, 6.45) is 2.55. The molecule has 4 nitrogen and oxygen atoms in total. The molecule has 17 heavy (non-hydrogen) atoms. The van der Waals surface area contributed by atoms with Crippen molar-refractivity contribution in [2.24, 2.45) is 0 Å². The Hall–Kier alpha value is -1.20. The van der Waals surface area contributed by atoms with E-state index in [0.29, 0.717) is 6.54 Å². The highest BCUT2D eigenvalue weighted by Gasteiger charge is 2.30. The van der Waals surface area contributed by atoms with Gasteiger partial charge >= 0.3 is 0 Å². The lowest BCUT2D eigenvalue weighted by Crippen LogP contribution is -2.37. The fourth-order valence-corrected chi connectivity index (χ4v) is 2.20. The summed E-state index contributed by atoms with van der Waals surface area (Å²) in [5, 5.41) is 9.13. The van der Waals surface area contributed by atoms with E-state index in [-0.39, 0.29) is 29.3 Å². The Bertz CT molecular complexity index is 441. The number of aliphatic hydroxyl groups excluding tert-OH is 1. The number of aromatic nitrogens is 1. The van der Waals surface area contributed by atoms with Gasteiger partial charge in [0.05, 0.1) is 24.4 Å². The molecule has 1 unspecified atom stereocenters. The van der Waals surface area contributed by atoms with Gasteiger partial charge in [-0.1, -0.05) is 11.6 Å². The Morgan fingerprint density at radius 3 is 3.18 bits per heavy atom. The average molecular weight is 259 g/mol. The molecule has 92 valence electrons. The zero-order valence-electron chi connectivity index (χ0n) is 9.07. The second-order valence-corrected chi connectivity index (χ2v) is 4.33. The standard InChI is InChI=1S/C11H12ClFN2O2/c12-10-9(4-7(13)5-14-10)11(17)15-3-1-2-8(15)6-16/h4-5,8,16H,1-3,6H2. The molecular formula is C11H12ClFN2O2. The molecular weight excluding hydrogens is 247 g/mol. The first-order valence-electron chi connectivity index (χ1n) is 5.36. The van der Waals surface area contributed by atoms with Gasteiger partial charge in [0.15, 0.2) is 0 Å². The van der Waals surface area contributed by atoms with Crippen molar-refractivity contribution >= 4 is 17.5 Å². The molecule has 1 saturated heterocycles. The van der Waals surface area contributed by atoms with Gasteiger partial charge in [-0.15, -0.1) is 0 Å². The van der Waals surface area contributed by atoms with Crippen LogP contribution in [0.15, 0.2) is 12.3 Å². The van der Waals surface area contributed by atoms with Gasteiger partial charge in [0.1, 0.15) is 11.0 Å². The number of carbonyl (C=O) groups excluding carboxylic acids is 1. The van der Waals surface area contributed by atoms with E-state index in [1.807, 2.05) is 0 Å². The Morgan fingerprint density at radius 1 is 1.71 bits per heavy atom. The van der Waals surface area contributed by atoms with Crippen molar-refractivity contribution in [1.82, 2.24) is 9.88 Å². The molecule has 0 radical (unpaired) electrons. The van der Waals surface area contributed by atoms with E-state index in [4.69, 9.17) is 16.7 Å². The zero-order chi connectivity index (χ0) is 12.4. The summed E-state index contributed by atoms with van der Waals surface area (Å²) in [6.45, 7) is 0.461. The maximum absolute atomic E-state index is 13.0. The molecule has 1 aliphatic rings. The van der Waals surface area contributed by atoms with Crippen molar-refractivity contribution in [3.05, 3.63) is 28.8 Å². The van der Waals surface area contributed by atoms with E-state index in [1.165, 1.54) is 4.90 Å². The number of halogens is 2. The van der Waals surface area contributed by atoms with Crippen molar-refractivity contribution in [3.8, 4) is 0 Å². The lowest BCUT2D eigenvalue weighted by atomic mass is 10.2. The molecule has 1 atom stereocenters. The van der Waals surface area contributed by atoms with Crippen LogP contribution in [0.5, 0.6) is 0 Å². The maximum atomic E-state index is 13.0. The number of rotatable bonds is 2. The van der Waals surface area contributed by atoms with Crippen LogP contribution in [0.4, 0.5) is 4.39 Å². The van der Waals surface area contributed by atoms with E-state index < -0.39 is 5.82 Å². The van der Waals surface area contributed by atoms with E-state index >= 15 is 0 Å². The first kappa shape index (κ1) is 12.3. The number of likely N-dealkylation sites (tertiary alicyclic amines) is 1. The van der Waals surface area contributed by atoms with Gasteiger partial charge in [0.25, 0.3) is 5.91 Å². The molecule has 0 aliphatic carbocycles. The molecule has 1 amide bonds. The molecule has 0 spiro atoms. The Balaban J connectivity index is 2.27. The summed E-state index contributed by atoms with van der Waals surface area (Å²) in [4.78, 5) is 17.2. The van der Waals surface area contributed by atoms with E-state index in [1.54, 1.807) is 0 Å². The second-order valence-electron chi connectivity index (χ2n) is 3.97. The van der Waals surface area contributed by atoms with Crippen molar-refractivity contribution in [2.45, 2.75) is 18.9 Å². The first-order chi connectivity index (χ1) is 8.13. The Morgan fingerprint density at radius 2 is 2.47 bits per heavy atom. The molecule has 2 heterocycles. The molecule has 1 aromatic heterocycles.